The Balaban J connectivity index is 2.04. The summed E-state index contributed by atoms with van der Waals surface area (Å²) in [6.07, 6.45) is 2.98. The first kappa shape index (κ1) is 15.2. The predicted octanol–water partition coefficient (Wildman–Crippen LogP) is 2.60. The van der Waals surface area contributed by atoms with E-state index in [1.165, 1.54) is 12.4 Å². The summed E-state index contributed by atoms with van der Waals surface area (Å²) >= 11 is 0. The third-order valence-electron chi connectivity index (χ3n) is 3.63. The van der Waals surface area contributed by atoms with E-state index in [-0.39, 0.29) is 11.3 Å². The van der Waals surface area contributed by atoms with E-state index in [1.807, 2.05) is 18.2 Å². The maximum absolute atomic E-state index is 11.8. The van der Waals surface area contributed by atoms with Gasteiger partial charge in [0.1, 0.15) is 0 Å². The van der Waals surface area contributed by atoms with Crippen molar-refractivity contribution in [2.24, 2.45) is 0 Å². The van der Waals surface area contributed by atoms with Crippen LogP contribution >= 0.6 is 0 Å². The second kappa shape index (κ2) is 5.51. The van der Waals surface area contributed by atoms with Gasteiger partial charge in [-0.2, -0.15) is 9.19 Å². The van der Waals surface area contributed by atoms with Gasteiger partial charge in [-0.15, -0.1) is 0 Å². The molecule has 118 valence electrons. The van der Waals surface area contributed by atoms with Gasteiger partial charge in [0.25, 0.3) is 10.0 Å². The van der Waals surface area contributed by atoms with E-state index in [2.05, 4.69) is 5.10 Å². The van der Waals surface area contributed by atoms with Gasteiger partial charge in [-0.25, -0.2) is 13.2 Å². The van der Waals surface area contributed by atoms with Crippen LogP contribution in [0.2, 0.25) is 0 Å². The fourth-order valence-electron chi connectivity index (χ4n) is 2.30. The Kier molecular flexibility index (Phi) is 3.65. The van der Waals surface area contributed by atoms with E-state index in [1.54, 1.807) is 25.1 Å². The Hall–Kier alpha value is -2.67. The van der Waals surface area contributed by atoms with Gasteiger partial charge in [0.15, 0.2) is 0 Å². The average Bonchev–Trinajstić information content (AvgIpc) is 3.04. The number of carboxylic acid groups (broad SMARTS) is 1. The molecule has 0 spiro atoms. The number of benzene rings is 2. The lowest BCUT2D eigenvalue weighted by Gasteiger charge is -2.03. The Morgan fingerprint density at radius 3 is 2.52 bits per heavy atom. The SMILES string of the molecule is CCS(=O)(=O)n1cc(-c2ccc3cc(C(=O)O)ccc3c2)cn1. The molecule has 0 unspecified atom stereocenters. The highest BCUT2D eigenvalue weighted by atomic mass is 32.2. The van der Waals surface area contributed by atoms with Crippen molar-refractivity contribution in [2.75, 3.05) is 5.75 Å². The lowest BCUT2D eigenvalue weighted by molar-refractivity contribution is 0.0697. The molecule has 1 aromatic heterocycles. The molecule has 3 rings (SSSR count). The molecule has 0 atom stereocenters. The minimum atomic E-state index is -3.40. The number of rotatable bonds is 4. The van der Waals surface area contributed by atoms with E-state index in [0.717, 1.165) is 20.4 Å². The first-order chi connectivity index (χ1) is 10.9. The summed E-state index contributed by atoms with van der Waals surface area (Å²) < 4.78 is 24.6. The van der Waals surface area contributed by atoms with Crippen molar-refractivity contribution in [3.8, 4) is 11.1 Å². The van der Waals surface area contributed by atoms with Crippen LogP contribution in [0.3, 0.4) is 0 Å². The van der Waals surface area contributed by atoms with Crippen LogP contribution in [0.1, 0.15) is 17.3 Å². The Morgan fingerprint density at radius 1 is 1.13 bits per heavy atom. The Labute approximate surface area is 133 Å². The quantitative estimate of drug-likeness (QED) is 0.794. The standard InChI is InChI=1S/C16H14N2O4S/c1-2-23(21,22)18-10-15(9-17-18)13-4-3-12-8-14(16(19)20)6-5-11(12)7-13/h3-10H,2H2,1H3,(H,19,20). The lowest BCUT2D eigenvalue weighted by Crippen LogP contribution is -2.14. The summed E-state index contributed by atoms with van der Waals surface area (Å²) in [6, 6.07) is 10.4. The molecule has 0 saturated carbocycles. The van der Waals surface area contributed by atoms with Crippen molar-refractivity contribution in [3.63, 3.8) is 0 Å². The number of carbonyl (C=O) groups is 1. The fourth-order valence-corrected chi connectivity index (χ4v) is 3.03. The van der Waals surface area contributed by atoms with Gasteiger partial charge in [-0.3, -0.25) is 0 Å². The zero-order valence-corrected chi connectivity index (χ0v) is 13.1. The maximum atomic E-state index is 11.8. The zero-order chi connectivity index (χ0) is 16.6. The predicted molar refractivity (Wildman–Crippen MR) is 87.0 cm³/mol. The molecule has 6 nitrogen and oxygen atoms in total. The smallest absolute Gasteiger partial charge is 0.335 e. The van der Waals surface area contributed by atoms with Gasteiger partial charge in [0.2, 0.25) is 0 Å². The molecule has 0 saturated heterocycles. The van der Waals surface area contributed by atoms with Crippen molar-refractivity contribution in [1.29, 1.82) is 0 Å². The van der Waals surface area contributed by atoms with Crippen molar-refractivity contribution in [2.45, 2.75) is 6.92 Å². The van der Waals surface area contributed by atoms with E-state index < -0.39 is 16.0 Å². The molecular formula is C16H14N2O4S. The van der Waals surface area contributed by atoms with E-state index in [9.17, 15) is 13.2 Å². The van der Waals surface area contributed by atoms with Crippen LogP contribution in [0.5, 0.6) is 0 Å². The molecule has 0 amide bonds. The Bertz CT molecular complexity index is 1010. The zero-order valence-electron chi connectivity index (χ0n) is 12.3. The topological polar surface area (TPSA) is 89.3 Å². The summed E-state index contributed by atoms with van der Waals surface area (Å²) in [7, 11) is -3.40. The number of fused-ring (bicyclic) bond motifs is 1. The van der Waals surface area contributed by atoms with E-state index >= 15 is 0 Å². The lowest BCUT2D eigenvalue weighted by atomic mass is 10.0. The second-order valence-electron chi connectivity index (χ2n) is 5.08. The van der Waals surface area contributed by atoms with Crippen LogP contribution in [-0.2, 0) is 10.0 Å². The first-order valence-corrected chi connectivity index (χ1v) is 8.57. The molecular weight excluding hydrogens is 316 g/mol. The van der Waals surface area contributed by atoms with Crippen LogP contribution < -0.4 is 0 Å². The third kappa shape index (κ3) is 2.83. The molecule has 23 heavy (non-hydrogen) atoms. The van der Waals surface area contributed by atoms with Crippen LogP contribution in [0.4, 0.5) is 0 Å². The van der Waals surface area contributed by atoms with Crippen LogP contribution in [0, 0.1) is 0 Å². The number of hydrogen-bond acceptors (Lipinski definition) is 4. The summed E-state index contributed by atoms with van der Waals surface area (Å²) in [6.45, 7) is 1.56. The van der Waals surface area contributed by atoms with Crippen molar-refractivity contribution < 1.29 is 18.3 Å². The van der Waals surface area contributed by atoms with Gasteiger partial charge in [-0.1, -0.05) is 18.2 Å². The molecule has 3 aromatic rings. The minimum absolute atomic E-state index is 0.0240. The second-order valence-corrected chi connectivity index (χ2v) is 7.20. The van der Waals surface area contributed by atoms with Gasteiger partial charge < -0.3 is 5.11 Å². The van der Waals surface area contributed by atoms with Gasteiger partial charge in [0, 0.05) is 5.56 Å². The molecule has 1 heterocycles. The van der Waals surface area contributed by atoms with E-state index in [0.29, 0.717) is 5.56 Å². The molecule has 0 fully saturated rings. The molecule has 0 bridgehead atoms. The van der Waals surface area contributed by atoms with Crippen molar-refractivity contribution in [3.05, 3.63) is 54.4 Å². The fraction of sp³-hybridized carbons (Fsp3) is 0.125. The van der Waals surface area contributed by atoms with E-state index in [4.69, 9.17) is 5.11 Å². The number of aromatic nitrogens is 2. The summed E-state index contributed by atoms with van der Waals surface area (Å²) in [4.78, 5) is 11.0. The average molecular weight is 330 g/mol. The number of nitrogens with zero attached hydrogens (tertiary/aromatic N) is 2. The van der Waals surface area contributed by atoms with Gasteiger partial charge in [0.05, 0.1) is 23.7 Å². The molecule has 2 aromatic carbocycles. The van der Waals surface area contributed by atoms with Crippen LogP contribution in [0.15, 0.2) is 48.8 Å². The molecule has 0 aliphatic carbocycles. The highest BCUT2D eigenvalue weighted by molar-refractivity contribution is 7.89. The summed E-state index contributed by atoms with van der Waals surface area (Å²) in [5, 5.41) is 14.6. The highest BCUT2D eigenvalue weighted by Crippen LogP contribution is 2.25. The molecule has 0 radical (unpaired) electrons. The van der Waals surface area contributed by atoms with Crippen molar-refractivity contribution in [1.82, 2.24) is 9.19 Å². The summed E-state index contributed by atoms with van der Waals surface area (Å²) in [5.74, 6) is -0.994. The molecule has 0 aliphatic rings. The van der Waals surface area contributed by atoms with Crippen LogP contribution in [-0.4, -0.2) is 34.4 Å². The molecule has 0 aliphatic heterocycles. The largest absolute Gasteiger partial charge is 0.478 e. The normalized spacial score (nSPS) is 11.7. The monoisotopic (exact) mass is 330 g/mol. The number of carboxylic acids is 1. The van der Waals surface area contributed by atoms with Crippen molar-refractivity contribution >= 4 is 26.8 Å². The molecule has 1 N–H and O–H groups in total. The molecule has 7 heteroatoms. The van der Waals surface area contributed by atoms with Crippen LogP contribution in [0.25, 0.3) is 21.9 Å². The summed E-state index contributed by atoms with van der Waals surface area (Å²) in [5.41, 5.74) is 1.73. The first-order valence-electron chi connectivity index (χ1n) is 6.96. The Morgan fingerprint density at radius 2 is 1.83 bits per heavy atom. The number of hydrogen-bond donors (Lipinski definition) is 1. The maximum Gasteiger partial charge on any atom is 0.335 e. The third-order valence-corrected chi connectivity index (χ3v) is 5.13. The highest BCUT2D eigenvalue weighted by Gasteiger charge is 2.13. The van der Waals surface area contributed by atoms with Gasteiger partial charge in [-0.05, 0) is 41.5 Å². The van der Waals surface area contributed by atoms with Gasteiger partial charge >= 0.3 is 5.97 Å². The number of aromatic carboxylic acids is 1. The minimum Gasteiger partial charge on any atom is -0.478 e.